The van der Waals surface area contributed by atoms with E-state index in [2.05, 4.69) is 27.1 Å². The van der Waals surface area contributed by atoms with Gasteiger partial charge in [0.15, 0.2) is 0 Å². The number of rotatable bonds is 5. The topological polar surface area (TPSA) is 85.8 Å². The molecule has 3 heterocycles. The maximum atomic E-state index is 12.3. The number of carboxylic acids is 1. The van der Waals surface area contributed by atoms with Crippen LogP contribution < -0.4 is 5.32 Å². The number of carbonyl (C=O) groups is 2. The van der Waals surface area contributed by atoms with Gasteiger partial charge in [-0.3, -0.25) is 9.78 Å². The molecular weight excluding hydrogens is 356 g/mol. The van der Waals surface area contributed by atoms with Gasteiger partial charge in [-0.2, -0.15) is 0 Å². The van der Waals surface area contributed by atoms with Crippen molar-refractivity contribution < 1.29 is 14.7 Å². The van der Waals surface area contributed by atoms with Crippen molar-refractivity contribution in [1.29, 1.82) is 0 Å². The first-order valence-corrected chi connectivity index (χ1v) is 8.63. The number of nitrogens with zero attached hydrogens (tertiary/aromatic N) is 3. The molecule has 1 amide bonds. The van der Waals surface area contributed by atoms with Gasteiger partial charge in [0.05, 0.1) is 17.6 Å². The number of hydrogen-bond acceptors (Lipinski definition) is 5. The van der Waals surface area contributed by atoms with Gasteiger partial charge in [-0.25, -0.2) is 4.79 Å². The normalized spacial score (nSPS) is 21.1. The second kappa shape index (κ2) is 9.12. The van der Waals surface area contributed by atoms with Crippen molar-refractivity contribution in [2.24, 2.45) is 5.92 Å². The van der Waals surface area contributed by atoms with Crippen molar-refractivity contribution in [1.82, 2.24) is 14.8 Å². The molecule has 142 valence electrons. The third-order valence-electron chi connectivity index (χ3n) is 4.89. The van der Waals surface area contributed by atoms with Crippen LogP contribution in [0.3, 0.4) is 0 Å². The standard InChI is InChI=1S/C18H24N4O3.ClH/c1-21-6-8-22(9-7-21)5-4-13-10-14-11-15(2-3-17(23)24)19-12-16(14)20-18(13)25;/h2-3,11-13H,4-10H2,1H3,(H,20,25)(H,23,24);1H/b3-2+;. The average Bonchev–Trinajstić information content (AvgIpc) is 2.59. The lowest BCUT2D eigenvalue weighted by molar-refractivity contribution is -0.131. The molecule has 0 spiro atoms. The summed E-state index contributed by atoms with van der Waals surface area (Å²) in [5.41, 5.74) is 2.34. The van der Waals surface area contributed by atoms with Gasteiger partial charge in [-0.1, -0.05) is 0 Å². The maximum absolute atomic E-state index is 12.3. The first kappa shape index (κ1) is 20.4. The summed E-state index contributed by atoms with van der Waals surface area (Å²) in [4.78, 5) is 31.9. The van der Waals surface area contributed by atoms with Crippen molar-refractivity contribution in [2.45, 2.75) is 12.8 Å². The lowest BCUT2D eigenvalue weighted by Gasteiger charge is -2.33. The van der Waals surface area contributed by atoms with Gasteiger partial charge >= 0.3 is 5.97 Å². The average molecular weight is 381 g/mol. The zero-order valence-electron chi connectivity index (χ0n) is 14.9. The summed E-state index contributed by atoms with van der Waals surface area (Å²) in [7, 11) is 2.13. The van der Waals surface area contributed by atoms with Crippen LogP contribution in [-0.2, 0) is 16.0 Å². The first-order chi connectivity index (χ1) is 12.0. The number of pyridine rings is 1. The molecular formula is C18H25ClN4O3. The molecule has 0 saturated carbocycles. The summed E-state index contributed by atoms with van der Waals surface area (Å²) in [6.45, 7) is 5.18. The Bertz CT molecular complexity index is 687. The molecule has 2 aliphatic heterocycles. The predicted octanol–water partition coefficient (Wildman–Crippen LogP) is 1.35. The third kappa shape index (κ3) is 5.27. The second-order valence-electron chi connectivity index (χ2n) is 6.76. The number of amides is 1. The summed E-state index contributed by atoms with van der Waals surface area (Å²) in [6.07, 6.45) is 5.65. The largest absolute Gasteiger partial charge is 0.478 e. The fourth-order valence-corrected chi connectivity index (χ4v) is 3.28. The Hall–Kier alpha value is -1.96. The number of piperazine rings is 1. The number of hydrogen-bond donors (Lipinski definition) is 2. The number of carbonyl (C=O) groups excluding carboxylic acids is 1. The Morgan fingerprint density at radius 1 is 1.38 bits per heavy atom. The Morgan fingerprint density at radius 2 is 2.12 bits per heavy atom. The summed E-state index contributed by atoms with van der Waals surface area (Å²) >= 11 is 0. The number of likely N-dealkylation sites (N-methyl/N-ethyl adjacent to an activating group) is 1. The fraction of sp³-hybridized carbons (Fsp3) is 0.500. The molecule has 8 heteroatoms. The van der Waals surface area contributed by atoms with Crippen LogP contribution in [0.25, 0.3) is 6.08 Å². The SMILES string of the molecule is CN1CCN(CCC2Cc3cc(/C=C/C(=O)O)ncc3NC2=O)CC1.Cl. The highest BCUT2D eigenvalue weighted by atomic mass is 35.5. The molecule has 0 aromatic carbocycles. The van der Waals surface area contributed by atoms with Gasteiger partial charge in [-0.05, 0) is 44.1 Å². The molecule has 1 aromatic rings. The van der Waals surface area contributed by atoms with Crippen molar-refractivity contribution in [3.8, 4) is 0 Å². The van der Waals surface area contributed by atoms with Gasteiger partial charge in [0.25, 0.3) is 0 Å². The summed E-state index contributed by atoms with van der Waals surface area (Å²) in [5, 5.41) is 11.6. The van der Waals surface area contributed by atoms with E-state index in [1.54, 1.807) is 6.20 Å². The Balaban J connectivity index is 0.00000243. The second-order valence-corrected chi connectivity index (χ2v) is 6.76. The maximum Gasteiger partial charge on any atom is 0.328 e. The van der Waals surface area contributed by atoms with E-state index >= 15 is 0 Å². The molecule has 0 bridgehead atoms. The van der Waals surface area contributed by atoms with Crippen molar-refractivity contribution in [3.05, 3.63) is 29.6 Å². The molecule has 3 rings (SSSR count). The van der Waals surface area contributed by atoms with Crippen LogP contribution in [0.1, 0.15) is 17.7 Å². The molecule has 0 aliphatic carbocycles. The van der Waals surface area contributed by atoms with E-state index in [4.69, 9.17) is 5.11 Å². The van der Waals surface area contributed by atoms with Crippen LogP contribution in [-0.4, -0.2) is 71.5 Å². The number of aliphatic carboxylic acids is 1. The van der Waals surface area contributed by atoms with E-state index in [-0.39, 0.29) is 24.2 Å². The van der Waals surface area contributed by atoms with Crippen molar-refractivity contribution in [3.63, 3.8) is 0 Å². The van der Waals surface area contributed by atoms with Gasteiger partial charge < -0.3 is 20.2 Å². The molecule has 1 atom stereocenters. The number of anilines is 1. The number of halogens is 1. The van der Waals surface area contributed by atoms with E-state index in [1.165, 1.54) is 6.08 Å². The fourth-order valence-electron chi connectivity index (χ4n) is 3.28. The zero-order chi connectivity index (χ0) is 17.8. The number of carboxylic acid groups (broad SMARTS) is 1. The van der Waals surface area contributed by atoms with Gasteiger partial charge in [-0.15, -0.1) is 12.4 Å². The van der Waals surface area contributed by atoms with E-state index < -0.39 is 5.97 Å². The Kier molecular flexibility index (Phi) is 7.14. The number of aromatic nitrogens is 1. The minimum absolute atomic E-state index is 0. The van der Waals surface area contributed by atoms with Crippen LogP contribution in [0.5, 0.6) is 0 Å². The number of fused-ring (bicyclic) bond motifs is 1. The van der Waals surface area contributed by atoms with E-state index in [0.717, 1.165) is 56.5 Å². The van der Waals surface area contributed by atoms with Crippen molar-refractivity contribution >= 4 is 36.0 Å². The van der Waals surface area contributed by atoms with Crippen LogP contribution in [0.4, 0.5) is 5.69 Å². The summed E-state index contributed by atoms with van der Waals surface area (Å²) in [5.74, 6) is -0.999. The van der Waals surface area contributed by atoms with Crippen molar-refractivity contribution in [2.75, 3.05) is 45.1 Å². The highest BCUT2D eigenvalue weighted by Gasteiger charge is 2.27. The Morgan fingerprint density at radius 3 is 2.81 bits per heavy atom. The number of nitrogens with one attached hydrogen (secondary N) is 1. The summed E-state index contributed by atoms with van der Waals surface area (Å²) in [6, 6.07) is 1.86. The smallest absolute Gasteiger partial charge is 0.328 e. The molecule has 2 N–H and O–H groups in total. The van der Waals surface area contributed by atoms with Gasteiger partial charge in [0.2, 0.25) is 5.91 Å². The molecule has 2 aliphatic rings. The monoisotopic (exact) mass is 380 g/mol. The van der Waals surface area contributed by atoms with Crippen LogP contribution in [0.15, 0.2) is 18.3 Å². The van der Waals surface area contributed by atoms with Crippen LogP contribution in [0.2, 0.25) is 0 Å². The highest BCUT2D eigenvalue weighted by Crippen LogP contribution is 2.27. The molecule has 1 saturated heterocycles. The molecule has 1 aromatic heterocycles. The predicted molar refractivity (Wildman–Crippen MR) is 103 cm³/mol. The van der Waals surface area contributed by atoms with E-state index in [1.807, 2.05) is 6.07 Å². The Labute approximate surface area is 159 Å². The lowest BCUT2D eigenvalue weighted by atomic mass is 9.91. The van der Waals surface area contributed by atoms with Crippen LogP contribution >= 0.6 is 12.4 Å². The third-order valence-corrected chi connectivity index (χ3v) is 4.89. The molecule has 7 nitrogen and oxygen atoms in total. The van der Waals surface area contributed by atoms with Crippen LogP contribution in [0, 0.1) is 5.92 Å². The van der Waals surface area contributed by atoms with Gasteiger partial charge in [0.1, 0.15) is 0 Å². The highest BCUT2D eigenvalue weighted by molar-refractivity contribution is 5.95. The molecule has 1 fully saturated rings. The quantitative estimate of drug-likeness (QED) is 0.750. The van der Waals surface area contributed by atoms with E-state index in [9.17, 15) is 9.59 Å². The molecule has 0 radical (unpaired) electrons. The molecule has 26 heavy (non-hydrogen) atoms. The zero-order valence-corrected chi connectivity index (χ0v) is 15.7. The first-order valence-electron chi connectivity index (χ1n) is 8.63. The minimum atomic E-state index is -1.00. The lowest BCUT2D eigenvalue weighted by Crippen LogP contribution is -2.45. The van der Waals surface area contributed by atoms with Gasteiger partial charge in [0, 0.05) is 38.2 Å². The minimum Gasteiger partial charge on any atom is -0.478 e. The molecule has 1 unspecified atom stereocenters. The van der Waals surface area contributed by atoms with E-state index in [0.29, 0.717) is 12.1 Å². The summed E-state index contributed by atoms with van der Waals surface area (Å²) < 4.78 is 0.